The van der Waals surface area contributed by atoms with Crippen molar-refractivity contribution in [1.82, 2.24) is 20.2 Å². The van der Waals surface area contributed by atoms with Crippen LogP contribution in [0.25, 0.3) is 0 Å². The standard InChI is InChI=1S/C16H15FN6/c17-14-3-1-12(2-4-14)9-19-15-11-21-23-16(22-15)20-10-13-5-7-18-8-6-13/h1-8,11H,9-10H2,(H2,19,20,22,23). The van der Waals surface area contributed by atoms with Gasteiger partial charge in [-0.25, -0.2) is 4.39 Å². The Hall–Kier alpha value is -3.09. The van der Waals surface area contributed by atoms with Crippen LogP contribution in [-0.4, -0.2) is 20.2 Å². The van der Waals surface area contributed by atoms with Crippen LogP contribution in [0.1, 0.15) is 11.1 Å². The van der Waals surface area contributed by atoms with Crippen LogP contribution in [0.3, 0.4) is 0 Å². The molecule has 0 saturated heterocycles. The fourth-order valence-corrected chi connectivity index (χ4v) is 1.94. The van der Waals surface area contributed by atoms with Gasteiger partial charge in [0.15, 0.2) is 5.82 Å². The van der Waals surface area contributed by atoms with Crippen molar-refractivity contribution in [3.63, 3.8) is 0 Å². The van der Waals surface area contributed by atoms with Gasteiger partial charge in [0.1, 0.15) is 5.82 Å². The van der Waals surface area contributed by atoms with Crippen molar-refractivity contribution in [2.24, 2.45) is 0 Å². The molecule has 2 heterocycles. The number of halogens is 1. The molecule has 23 heavy (non-hydrogen) atoms. The predicted molar refractivity (Wildman–Crippen MR) is 85.1 cm³/mol. The van der Waals surface area contributed by atoms with Crippen LogP contribution in [0.4, 0.5) is 16.2 Å². The minimum absolute atomic E-state index is 0.250. The van der Waals surface area contributed by atoms with E-state index in [0.717, 1.165) is 11.1 Å². The van der Waals surface area contributed by atoms with E-state index in [1.165, 1.54) is 12.1 Å². The highest BCUT2D eigenvalue weighted by Crippen LogP contribution is 2.09. The second-order valence-corrected chi connectivity index (χ2v) is 4.85. The number of hydrogen-bond donors (Lipinski definition) is 2. The first kappa shape index (κ1) is 14.8. The summed E-state index contributed by atoms with van der Waals surface area (Å²) in [5.41, 5.74) is 2.03. The lowest BCUT2D eigenvalue weighted by Gasteiger charge is -2.08. The third-order valence-corrected chi connectivity index (χ3v) is 3.15. The number of rotatable bonds is 6. The lowest BCUT2D eigenvalue weighted by atomic mass is 10.2. The second-order valence-electron chi connectivity index (χ2n) is 4.85. The van der Waals surface area contributed by atoms with Crippen LogP contribution < -0.4 is 10.6 Å². The lowest BCUT2D eigenvalue weighted by Crippen LogP contribution is -2.08. The Labute approximate surface area is 132 Å². The molecule has 0 aliphatic rings. The molecule has 6 nitrogen and oxygen atoms in total. The molecule has 0 saturated carbocycles. The predicted octanol–water partition coefficient (Wildman–Crippen LogP) is 2.63. The van der Waals surface area contributed by atoms with Gasteiger partial charge in [0, 0.05) is 25.5 Å². The van der Waals surface area contributed by atoms with Gasteiger partial charge in [0.2, 0.25) is 5.95 Å². The van der Waals surface area contributed by atoms with Gasteiger partial charge in [0.05, 0.1) is 6.20 Å². The lowest BCUT2D eigenvalue weighted by molar-refractivity contribution is 0.627. The first-order valence-corrected chi connectivity index (χ1v) is 7.10. The Morgan fingerprint density at radius 1 is 0.870 bits per heavy atom. The summed E-state index contributed by atoms with van der Waals surface area (Å²) in [6.07, 6.45) is 5.01. The van der Waals surface area contributed by atoms with Crippen molar-refractivity contribution >= 4 is 11.8 Å². The number of hydrogen-bond acceptors (Lipinski definition) is 6. The smallest absolute Gasteiger partial charge is 0.244 e. The minimum Gasteiger partial charge on any atom is -0.365 e. The van der Waals surface area contributed by atoms with E-state index in [9.17, 15) is 4.39 Å². The molecule has 0 aliphatic heterocycles. The van der Waals surface area contributed by atoms with Gasteiger partial charge in [-0.05, 0) is 35.4 Å². The average molecular weight is 310 g/mol. The van der Waals surface area contributed by atoms with Gasteiger partial charge in [-0.2, -0.15) is 10.1 Å². The topological polar surface area (TPSA) is 75.6 Å². The van der Waals surface area contributed by atoms with Gasteiger partial charge in [0.25, 0.3) is 0 Å². The number of anilines is 2. The number of benzene rings is 1. The normalized spacial score (nSPS) is 10.3. The van der Waals surface area contributed by atoms with Crippen LogP contribution in [0, 0.1) is 5.82 Å². The number of nitrogens with zero attached hydrogens (tertiary/aromatic N) is 4. The fourth-order valence-electron chi connectivity index (χ4n) is 1.94. The molecule has 2 aromatic heterocycles. The third kappa shape index (κ3) is 4.44. The first-order valence-electron chi connectivity index (χ1n) is 7.10. The Morgan fingerprint density at radius 2 is 1.57 bits per heavy atom. The first-order chi connectivity index (χ1) is 11.3. The summed E-state index contributed by atoms with van der Waals surface area (Å²) in [5.74, 6) is 0.785. The quantitative estimate of drug-likeness (QED) is 0.729. The maximum absolute atomic E-state index is 12.9. The number of pyridine rings is 1. The fraction of sp³-hybridized carbons (Fsp3) is 0.125. The summed E-state index contributed by atoms with van der Waals surface area (Å²) in [5, 5.41) is 14.1. The van der Waals surface area contributed by atoms with Crippen LogP contribution >= 0.6 is 0 Å². The van der Waals surface area contributed by atoms with Crippen LogP contribution in [0.2, 0.25) is 0 Å². The monoisotopic (exact) mass is 310 g/mol. The summed E-state index contributed by atoms with van der Waals surface area (Å²) in [4.78, 5) is 8.30. The van der Waals surface area contributed by atoms with E-state index in [-0.39, 0.29) is 5.82 Å². The summed E-state index contributed by atoms with van der Waals surface area (Å²) in [6, 6.07) is 10.1. The zero-order valence-corrected chi connectivity index (χ0v) is 12.3. The number of nitrogens with one attached hydrogen (secondary N) is 2. The van der Waals surface area contributed by atoms with E-state index in [0.29, 0.717) is 24.9 Å². The largest absolute Gasteiger partial charge is 0.365 e. The highest BCUT2D eigenvalue weighted by Gasteiger charge is 2.01. The van der Waals surface area contributed by atoms with Crippen molar-refractivity contribution in [3.05, 3.63) is 71.9 Å². The molecular formula is C16H15FN6. The van der Waals surface area contributed by atoms with Gasteiger partial charge < -0.3 is 10.6 Å². The van der Waals surface area contributed by atoms with E-state index in [4.69, 9.17) is 0 Å². The van der Waals surface area contributed by atoms with Crippen molar-refractivity contribution in [1.29, 1.82) is 0 Å². The maximum atomic E-state index is 12.9. The Balaban J connectivity index is 1.57. The molecule has 7 heteroatoms. The average Bonchev–Trinajstić information content (AvgIpc) is 2.61. The molecule has 0 aliphatic carbocycles. The summed E-state index contributed by atoms with van der Waals surface area (Å²) in [7, 11) is 0. The molecule has 0 bridgehead atoms. The summed E-state index contributed by atoms with van der Waals surface area (Å²) < 4.78 is 12.9. The SMILES string of the molecule is Fc1ccc(CNc2cnnc(NCc3ccncc3)n2)cc1. The van der Waals surface area contributed by atoms with Crippen molar-refractivity contribution in [2.75, 3.05) is 10.6 Å². The zero-order valence-electron chi connectivity index (χ0n) is 12.3. The molecule has 0 fully saturated rings. The molecule has 0 unspecified atom stereocenters. The van der Waals surface area contributed by atoms with Gasteiger partial charge in [-0.15, -0.1) is 5.10 Å². The molecule has 0 amide bonds. The zero-order chi connectivity index (χ0) is 15.9. The highest BCUT2D eigenvalue weighted by atomic mass is 19.1. The molecule has 0 spiro atoms. The van der Waals surface area contributed by atoms with Crippen LogP contribution in [0.15, 0.2) is 55.0 Å². The number of aromatic nitrogens is 4. The highest BCUT2D eigenvalue weighted by molar-refractivity contribution is 5.38. The van der Waals surface area contributed by atoms with Gasteiger partial charge in [-0.1, -0.05) is 12.1 Å². The van der Waals surface area contributed by atoms with E-state index in [1.807, 2.05) is 12.1 Å². The third-order valence-electron chi connectivity index (χ3n) is 3.15. The van der Waals surface area contributed by atoms with Crippen LogP contribution in [0.5, 0.6) is 0 Å². The van der Waals surface area contributed by atoms with E-state index >= 15 is 0 Å². The van der Waals surface area contributed by atoms with Crippen LogP contribution in [-0.2, 0) is 13.1 Å². The molecule has 3 rings (SSSR count). The Kier molecular flexibility index (Phi) is 4.68. The second kappa shape index (κ2) is 7.26. The van der Waals surface area contributed by atoms with E-state index in [1.54, 1.807) is 30.7 Å². The van der Waals surface area contributed by atoms with Crippen molar-refractivity contribution in [2.45, 2.75) is 13.1 Å². The van der Waals surface area contributed by atoms with Gasteiger partial charge in [-0.3, -0.25) is 4.98 Å². The molecule has 0 atom stereocenters. The Bertz CT molecular complexity index is 748. The summed E-state index contributed by atoms with van der Waals surface area (Å²) >= 11 is 0. The Morgan fingerprint density at radius 3 is 2.35 bits per heavy atom. The molecule has 116 valence electrons. The molecule has 1 aromatic carbocycles. The minimum atomic E-state index is -0.250. The van der Waals surface area contributed by atoms with E-state index < -0.39 is 0 Å². The maximum Gasteiger partial charge on any atom is 0.244 e. The molecular weight excluding hydrogens is 295 g/mol. The van der Waals surface area contributed by atoms with Gasteiger partial charge >= 0.3 is 0 Å². The molecule has 3 aromatic rings. The summed E-state index contributed by atoms with van der Waals surface area (Å²) in [6.45, 7) is 1.12. The van der Waals surface area contributed by atoms with E-state index in [2.05, 4.69) is 30.8 Å². The molecule has 0 radical (unpaired) electrons. The molecule has 2 N–H and O–H groups in total. The van der Waals surface area contributed by atoms with Crippen molar-refractivity contribution in [3.8, 4) is 0 Å². The van der Waals surface area contributed by atoms with Crippen molar-refractivity contribution < 1.29 is 4.39 Å².